The predicted molar refractivity (Wildman–Crippen MR) is 68.3 cm³/mol. The SMILES string of the molecule is C=C(C)CC1NC(=O)N(c2ccc(C)s2)C1=O. The van der Waals surface area contributed by atoms with Gasteiger partial charge in [-0.05, 0) is 32.4 Å². The summed E-state index contributed by atoms with van der Waals surface area (Å²) in [5.74, 6) is -0.195. The topological polar surface area (TPSA) is 49.4 Å². The standard InChI is InChI=1S/C12H14N2O2S/c1-7(2)6-9-11(15)14(12(16)13-9)10-5-4-8(3)17-10/h4-5,9H,1,6H2,2-3H3,(H,13,16). The summed E-state index contributed by atoms with van der Waals surface area (Å²) < 4.78 is 0. The largest absolute Gasteiger partial charge is 0.330 e. The van der Waals surface area contributed by atoms with Crippen LogP contribution in [0.5, 0.6) is 0 Å². The number of hydrogen-bond donors (Lipinski definition) is 1. The quantitative estimate of drug-likeness (QED) is 0.661. The Morgan fingerprint density at radius 2 is 2.24 bits per heavy atom. The van der Waals surface area contributed by atoms with Gasteiger partial charge < -0.3 is 5.32 Å². The number of imide groups is 1. The number of hydrogen-bond acceptors (Lipinski definition) is 3. The Kier molecular flexibility index (Phi) is 3.02. The molecule has 17 heavy (non-hydrogen) atoms. The van der Waals surface area contributed by atoms with Gasteiger partial charge in [0.15, 0.2) is 0 Å². The van der Waals surface area contributed by atoms with Crippen LogP contribution in [0.15, 0.2) is 24.3 Å². The maximum absolute atomic E-state index is 12.1. The lowest BCUT2D eigenvalue weighted by Gasteiger charge is -2.10. The first kappa shape index (κ1) is 11.9. The van der Waals surface area contributed by atoms with Gasteiger partial charge in [0.25, 0.3) is 5.91 Å². The molecule has 1 unspecified atom stereocenters. The molecular weight excluding hydrogens is 236 g/mol. The number of thiophene rings is 1. The molecule has 1 aliphatic rings. The second kappa shape index (κ2) is 4.33. The average molecular weight is 250 g/mol. The van der Waals surface area contributed by atoms with Gasteiger partial charge in [0.1, 0.15) is 11.0 Å². The third-order valence-corrected chi connectivity index (χ3v) is 3.50. The number of anilines is 1. The number of nitrogens with one attached hydrogen (secondary N) is 1. The first-order chi connectivity index (χ1) is 7.99. The Morgan fingerprint density at radius 3 is 2.76 bits per heavy atom. The summed E-state index contributed by atoms with van der Waals surface area (Å²) in [6.07, 6.45) is 0.491. The molecule has 4 nitrogen and oxygen atoms in total. The van der Waals surface area contributed by atoms with Crippen LogP contribution in [0.1, 0.15) is 18.2 Å². The Balaban J connectivity index is 2.22. The van der Waals surface area contributed by atoms with Gasteiger partial charge in [-0.25, -0.2) is 9.69 Å². The second-order valence-electron chi connectivity index (χ2n) is 4.22. The van der Waals surface area contributed by atoms with E-state index in [2.05, 4.69) is 11.9 Å². The van der Waals surface area contributed by atoms with Crippen molar-refractivity contribution < 1.29 is 9.59 Å². The van der Waals surface area contributed by atoms with Crippen molar-refractivity contribution in [2.45, 2.75) is 26.3 Å². The molecule has 5 heteroatoms. The third-order valence-electron chi connectivity index (χ3n) is 2.52. The van der Waals surface area contributed by atoms with E-state index < -0.39 is 6.04 Å². The van der Waals surface area contributed by atoms with Gasteiger partial charge in [-0.2, -0.15) is 0 Å². The average Bonchev–Trinajstić information content (AvgIpc) is 2.72. The number of carbonyl (C=O) groups is 2. The number of carbonyl (C=O) groups excluding carboxylic acids is 2. The lowest BCUT2D eigenvalue weighted by atomic mass is 10.1. The molecule has 90 valence electrons. The molecule has 0 spiro atoms. The summed E-state index contributed by atoms with van der Waals surface area (Å²) in [4.78, 5) is 26.1. The fraction of sp³-hybridized carbons (Fsp3) is 0.333. The van der Waals surface area contributed by atoms with Crippen LogP contribution < -0.4 is 10.2 Å². The highest BCUT2D eigenvalue weighted by Crippen LogP contribution is 2.28. The maximum Gasteiger partial charge on any atom is 0.330 e. The molecule has 1 atom stereocenters. The Bertz CT molecular complexity index is 492. The molecule has 2 heterocycles. The van der Waals surface area contributed by atoms with Crippen molar-refractivity contribution in [2.24, 2.45) is 0 Å². The van der Waals surface area contributed by atoms with Gasteiger partial charge in [0.2, 0.25) is 0 Å². The Labute approximate surface area is 104 Å². The first-order valence-electron chi connectivity index (χ1n) is 5.34. The number of amides is 3. The molecule has 1 aromatic heterocycles. The van der Waals surface area contributed by atoms with Crippen LogP contribution in [0.2, 0.25) is 0 Å². The Hall–Kier alpha value is -1.62. The zero-order chi connectivity index (χ0) is 12.6. The van der Waals surface area contributed by atoms with Gasteiger partial charge in [-0.1, -0.05) is 5.57 Å². The summed E-state index contributed by atoms with van der Waals surface area (Å²) in [7, 11) is 0. The van der Waals surface area contributed by atoms with Gasteiger partial charge in [0, 0.05) is 4.88 Å². The van der Waals surface area contributed by atoms with E-state index in [-0.39, 0.29) is 11.9 Å². The summed E-state index contributed by atoms with van der Waals surface area (Å²) in [6, 6.07) is 2.87. The van der Waals surface area contributed by atoms with Crippen molar-refractivity contribution in [3.8, 4) is 0 Å². The normalized spacial score (nSPS) is 19.6. The Morgan fingerprint density at radius 1 is 1.53 bits per heavy atom. The van der Waals surface area contributed by atoms with Gasteiger partial charge in [0.05, 0.1) is 0 Å². The minimum atomic E-state index is -0.470. The van der Waals surface area contributed by atoms with Gasteiger partial charge >= 0.3 is 6.03 Å². The lowest BCUT2D eigenvalue weighted by molar-refractivity contribution is -0.118. The molecule has 1 aromatic rings. The number of aryl methyl sites for hydroxylation is 1. The molecule has 1 fully saturated rings. The van der Waals surface area contributed by atoms with Crippen molar-refractivity contribution in [1.82, 2.24) is 5.32 Å². The fourth-order valence-corrected chi connectivity index (χ4v) is 2.63. The van der Waals surface area contributed by atoms with E-state index in [9.17, 15) is 9.59 Å². The van der Waals surface area contributed by atoms with Crippen molar-refractivity contribution in [3.63, 3.8) is 0 Å². The molecule has 0 aromatic carbocycles. The predicted octanol–water partition coefficient (Wildman–Crippen LogP) is 2.45. The third kappa shape index (κ3) is 2.24. The van der Waals surface area contributed by atoms with Crippen molar-refractivity contribution in [3.05, 3.63) is 29.2 Å². The monoisotopic (exact) mass is 250 g/mol. The van der Waals surface area contributed by atoms with Crippen LogP contribution in [0.4, 0.5) is 9.80 Å². The summed E-state index contributed by atoms with van der Waals surface area (Å²) >= 11 is 1.44. The highest BCUT2D eigenvalue weighted by atomic mass is 32.1. The summed E-state index contributed by atoms with van der Waals surface area (Å²) in [5.41, 5.74) is 0.882. The number of nitrogens with zero attached hydrogens (tertiary/aromatic N) is 1. The van der Waals surface area contributed by atoms with E-state index in [1.54, 1.807) is 6.07 Å². The molecular formula is C12H14N2O2S. The van der Waals surface area contributed by atoms with Gasteiger partial charge in [-0.15, -0.1) is 17.9 Å². The van der Waals surface area contributed by atoms with E-state index >= 15 is 0 Å². The molecule has 2 rings (SSSR count). The highest BCUT2D eigenvalue weighted by molar-refractivity contribution is 7.16. The van der Waals surface area contributed by atoms with E-state index in [1.165, 1.54) is 16.2 Å². The molecule has 0 saturated carbocycles. The van der Waals surface area contributed by atoms with Crippen molar-refractivity contribution in [1.29, 1.82) is 0 Å². The molecule has 0 aliphatic carbocycles. The van der Waals surface area contributed by atoms with E-state index in [0.717, 1.165) is 10.5 Å². The molecule has 1 N–H and O–H groups in total. The smallest absolute Gasteiger partial charge is 0.325 e. The van der Waals surface area contributed by atoms with Crippen LogP contribution in [0.3, 0.4) is 0 Å². The fourth-order valence-electron chi connectivity index (χ4n) is 1.77. The number of rotatable bonds is 3. The zero-order valence-electron chi connectivity index (χ0n) is 9.82. The van der Waals surface area contributed by atoms with Crippen LogP contribution in [-0.4, -0.2) is 18.0 Å². The maximum atomic E-state index is 12.1. The first-order valence-corrected chi connectivity index (χ1v) is 6.16. The minimum absolute atomic E-state index is 0.195. The second-order valence-corrected chi connectivity index (χ2v) is 5.49. The van der Waals surface area contributed by atoms with Crippen LogP contribution in [0, 0.1) is 6.92 Å². The summed E-state index contributed by atoms with van der Waals surface area (Å²) in [5, 5.41) is 3.35. The number of urea groups is 1. The van der Waals surface area contributed by atoms with Crippen LogP contribution in [0.25, 0.3) is 0 Å². The minimum Gasteiger partial charge on any atom is -0.325 e. The summed E-state index contributed by atoms with van der Waals surface area (Å²) in [6.45, 7) is 7.55. The molecule has 3 amide bonds. The van der Waals surface area contributed by atoms with Crippen LogP contribution >= 0.6 is 11.3 Å². The van der Waals surface area contributed by atoms with E-state index in [0.29, 0.717) is 11.4 Å². The van der Waals surface area contributed by atoms with E-state index in [4.69, 9.17) is 0 Å². The van der Waals surface area contributed by atoms with Crippen molar-refractivity contribution >= 4 is 28.3 Å². The highest BCUT2D eigenvalue weighted by Gasteiger charge is 2.39. The van der Waals surface area contributed by atoms with Crippen LogP contribution in [-0.2, 0) is 4.79 Å². The lowest BCUT2D eigenvalue weighted by Crippen LogP contribution is -2.30. The molecule has 1 saturated heterocycles. The van der Waals surface area contributed by atoms with E-state index in [1.807, 2.05) is 19.9 Å². The molecule has 1 aliphatic heterocycles. The van der Waals surface area contributed by atoms with Gasteiger partial charge in [-0.3, -0.25) is 4.79 Å². The van der Waals surface area contributed by atoms with Crippen molar-refractivity contribution in [2.75, 3.05) is 4.90 Å². The zero-order valence-corrected chi connectivity index (χ0v) is 10.6. The molecule has 0 bridgehead atoms. The molecule has 0 radical (unpaired) electrons.